The van der Waals surface area contributed by atoms with E-state index >= 15 is 0 Å². The Morgan fingerprint density at radius 3 is 2.74 bits per heavy atom. The van der Waals surface area contributed by atoms with Crippen LogP contribution in [0.1, 0.15) is 12.5 Å². The molecule has 0 fully saturated rings. The van der Waals surface area contributed by atoms with E-state index < -0.39 is 5.97 Å². The molecule has 0 aliphatic rings. The number of halogens is 1. The summed E-state index contributed by atoms with van der Waals surface area (Å²) in [5.74, 6) is -0.685. The highest BCUT2D eigenvalue weighted by molar-refractivity contribution is 6.49. The number of rotatable bonds is 4. The van der Waals surface area contributed by atoms with Gasteiger partial charge in [-0.25, -0.2) is 4.79 Å². The van der Waals surface area contributed by atoms with Crippen molar-refractivity contribution in [3.8, 4) is 11.8 Å². The van der Waals surface area contributed by atoms with Gasteiger partial charge in [0, 0.05) is 5.56 Å². The lowest BCUT2D eigenvalue weighted by Gasteiger charge is -2.01. The molecule has 0 unspecified atom stereocenters. The van der Waals surface area contributed by atoms with Crippen molar-refractivity contribution in [2.24, 2.45) is 0 Å². The van der Waals surface area contributed by atoms with Crippen LogP contribution in [0.3, 0.4) is 0 Å². The van der Waals surface area contributed by atoms with Gasteiger partial charge in [0.25, 0.3) is 0 Å². The SMILES string of the molecule is CCOC(=O)/C(C#N)=C/C=C(\Cl)c1ccccc1O. The molecule has 19 heavy (non-hydrogen) atoms. The number of ether oxygens (including phenoxy) is 1. The second kappa shape index (κ2) is 7.24. The van der Waals surface area contributed by atoms with Crippen molar-refractivity contribution in [2.75, 3.05) is 6.61 Å². The molecule has 0 spiro atoms. The van der Waals surface area contributed by atoms with E-state index in [9.17, 15) is 9.90 Å². The smallest absolute Gasteiger partial charge is 0.348 e. The Bertz CT molecular complexity index is 570. The molecule has 0 amide bonds. The van der Waals surface area contributed by atoms with E-state index in [0.29, 0.717) is 5.56 Å². The van der Waals surface area contributed by atoms with E-state index in [4.69, 9.17) is 21.6 Å². The Balaban J connectivity index is 2.99. The van der Waals surface area contributed by atoms with Crippen LogP contribution in [-0.4, -0.2) is 17.7 Å². The summed E-state index contributed by atoms with van der Waals surface area (Å²) in [6, 6.07) is 8.22. The van der Waals surface area contributed by atoms with Crippen molar-refractivity contribution in [1.82, 2.24) is 0 Å². The van der Waals surface area contributed by atoms with Gasteiger partial charge in [0.1, 0.15) is 17.4 Å². The fourth-order valence-electron chi connectivity index (χ4n) is 1.28. The second-order valence-corrected chi connectivity index (χ2v) is 3.85. The van der Waals surface area contributed by atoms with Crippen LogP contribution in [-0.2, 0) is 9.53 Å². The first-order chi connectivity index (χ1) is 9.10. The fraction of sp³-hybridized carbons (Fsp3) is 0.143. The molecule has 0 saturated heterocycles. The normalized spacial score (nSPS) is 11.8. The summed E-state index contributed by atoms with van der Waals surface area (Å²) in [7, 11) is 0. The Morgan fingerprint density at radius 1 is 1.47 bits per heavy atom. The summed E-state index contributed by atoms with van der Waals surface area (Å²) in [4.78, 5) is 11.4. The lowest BCUT2D eigenvalue weighted by molar-refractivity contribution is -0.138. The number of allylic oxidation sites excluding steroid dienone is 2. The maximum absolute atomic E-state index is 11.4. The van der Waals surface area contributed by atoms with E-state index in [1.165, 1.54) is 18.2 Å². The minimum Gasteiger partial charge on any atom is -0.507 e. The van der Waals surface area contributed by atoms with Crippen LogP contribution in [0.25, 0.3) is 5.03 Å². The highest BCUT2D eigenvalue weighted by Crippen LogP contribution is 2.27. The summed E-state index contributed by atoms with van der Waals surface area (Å²) >= 11 is 5.99. The second-order valence-electron chi connectivity index (χ2n) is 3.44. The third-order valence-electron chi connectivity index (χ3n) is 2.17. The monoisotopic (exact) mass is 277 g/mol. The Labute approximate surface area is 116 Å². The molecule has 98 valence electrons. The molecular weight excluding hydrogens is 266 g/mol. The Morgan fingerprint density at radius 2 is 2.16 bits per heavy atom. The molecule has 1 aromatic rings. The molecule has 4 nitrogen and oxygen atoms in total. The van der Waals surface area contributed by atoms with E-state index in [1.54, 1.807) is 31.2 Å². The number of phenolic OH excluding ortho intramolecular Hbond substituents is 1. The van der Waals surface area contributed by atoms with Gasteiger partial charge in [-0.15, -0.1) is 0 Å². The number of nitriles is 1. The summed E-state index contributed by atoms with van der Waals surface area (Å²) in [6.45, 7) is 1.84. The fourth-order valence-corrected chi connectivity index (χ4v) is 1.50. The maximum atomic E-state index is 11.4. The molecular formula is C14H12ClNO3. The third-order valence-corrected chi connectivity index (χ3v) is 2.50. The number of benzene rings is 1. The predicted molar refractivity (Wildman–Crippen MR) is 72.3 cm³/mol. The van der Waals surface area contributed by atoms with Gasteiger partial charge in [0.15, 0.2) is 0 Å². The van der Waals surface area contributed by atoms with Gasteiger partial charge in [-0.2, -0.15) is 5.26 Å². The molecule has 1 rings (SSSR count). The van der Waals surface area contributed by atoms with Crippen LogP contribution < -0.4 is 0 Å². The van der Waals surface area contributed by atoms with Crippen LogP contribution >= 0.6 is 11.6 Å². The van der Waals surface area contributed by atoms with Crippen molar-refractivity contribution in [3.63, 3.8) is 0 Å². The molecule has 1 aromatic carbocycles. The van der Waals surface area contributed by atoms with Gasteiger partial charge in [-0.3, -0.25) is 0 Å². The van der Waals surface area contributed by atoms with Crippen LogP contribution in [0.5, 0.6) is 5.75 Å². The highest BCUT2D eigenvalue weighted by atomic mass is 35.5. The number of hydrogen-bond acceptors (Lipinski definition) is 4. The van der Waals surface area contributed by atoms with Gasteiger partial charge in [0.05, 0.1) is 11.6 Å². The molecule has 0 aliphatic carbocycles. The average molecular weight is 278 g/mol. The van der Waals surface area contributed by atoms with Crippen LogP contribution in [0, 0.1) is 11.3 Å². The largest absolute Gasteiger partial charge is 0.507 e. The molecule has 0 aliphatic heterocycles. The van der Waals surface area contributed by atoms with E-state index in [-0.39, 0.29) is 23.0 Å². The molecule has 0 heterocycles. The minimum absolute atomic E-state index is 0.0202. The maximum Gasteiger partial charge on any atom is 0.348 e. The summed E-state index contributed by atoms with van der Waals surface area (Å²) < 4.78 is 4.71. The quantitative estimate of drug-likeness (QED) is 0.397. The van der Waals surface area contributed by atoms with Gasteiger partial charge in [-0.1, -0.05) is 23.7 Å². The standard InChI is InChI=1S/C14H12ClNO3/c1-2-19-14(18)10(9-16)7-8-12(15)11-5-3-4-6-13(11)17/h3-8,17H,2H2,1H3/b10-7+,12-8-. The molecule has 0 saturated carbocycles. The van der Waals surface area contributed by atoms with Crippen molar-refractivity contribution in [2.45, 2.75) is 6.92 Å². The molecule has 1 N–H and O–H groups in total. The number of esters is 1. The molecule has 0 radical (unpaired) electrons. The zero-order chi connectivity index (χ0) is 14.3. The molecule has 5 heteroatoms. The van der Waals surface area contributed by atoms with Gasteiger partial charge in [-0.05, 0) is 31.2 Å². The first-order valence-electron chi connectivity index (χ1n) is 5.53. The van der Waals surface area contributed by atoms with E-state index in [2.05, 4.69) is 0 Å². The van der Waals surface area contributed by atoms with Crippen molar-refractivity contribution < 1.29 is 14.6 Å². The zero-order valence-corrected chi connectivity index (χ0v) is 11.0. The van der Waals surface area contributed by atoms with E-state index in [0.717, 1.165) is 0 Å². The number of para-hydroxylation sites is 1. The lowest BCUT2D eigenvalue weighted by Crippen LogP contribution is -2.05. The van der Waals surface area contributed by atoms with Crippen LogP contribution in [0.4, 0.5) is 0 Å². The lowest BCUT2D eigenvalue weighted by atomic mass is 10.1. The Kier molecular flexibility index (Phi) is 5.65. The summed E-state index contributed by atoms with van der Waals surface area (Å²) in [5, 5.41) is 18.6. The van der Waals surface area contributed by atoms with Crippen LogP contribution in [0.15, 0.2) is 42.0 Å². The van der Waals surface area contributed by atoms with Gasteiger partial charge >= 0.3 is 5.97 Å². The Hall–Kier alpha value is -2.25. The molecule has 0 bridgehead atoms. The van der Waals surface area contributed by atoms with Crippen molar-refractivity contribution in [1.29, 1.82) is 5.26 Å². The predicted octanol–water partition coefficient (Wildman–Crippen LogP) is 2.98. The van der Waals surface area contributed by atoms with Gasteiger partial charge in [0.2, 0.25) is 0 Å². The van der Waals surface area contributed by atoms with Crippen molar-refractivity contribution >= 4 is 22.6 Å². The average Bonchev–Trinajstić information content (AvgIpc) is 2.40. The number of phenols is 1. The molecule has 0 atom stereocenters. The van der Waals surface area contributed by atoms with Crippen LogP contribution in [0.2, 0.25) is 0 Å². The number of carbonyl (C=O) groups excluding carboxylic acids is 1. The van der Waals surface area contributed by atoms with E-state index in [1.807, 2.05) is 0 Å². The number of carbonyl (C=O) groups is 1. The molecule has 0 aromatic heterocycles. The first kappa shape index (κ1) is 14.8. The first-order valence-corrected chi connectivity index (χ1v) is 5.91. The summed E-state index contributed by atoms with van der Waals surface area (Å²) in [5.41, 5.74) is 0.261. The number of aromatic hydroxyl groups is 1. The minimum atomic E-state index is -0.706. The number of nitrogens with zero attached hydrogens (tertiary/aromatic N) is 1. The third kappa shape index (κ3) is 4.16. The highest BCUT2D eigenvalue weighted by Gasteiger charge is 2.09. The zero-order valence-electron chi connectivity index (χ0n) is 10.3. The topological polar surface area (TPSA) is 70.3 Å². The van der Waals surface area contributed by atoms with Gasteiger partial charge < -0.3 is 9.84 Å². The number of hydrogen-bond donors (Lipinski definition) is 1. The van der Waals surface area contributed by atoms with Crippen molar-refractivity contribution in [3.05, 3.63) is 47.6 Å². The summed E-state index contributed by atoms with van der Waals surface area (Å²) in [6.07, 6.45) is 2.62.